The van der Waals surface area contributed by atoms with Crippen molar-refractivity contribution in [1.82, 2.24) is 0 Å². The molecular formula is C30H27N. The highest BCUT2D eigenvalue weighted by Crippen LogP contribution is 2.28. The minimum atomic E-state index is 1.20. The standard InChI is InChI=1S/C30H27N/c1-31(2)28-20-18-27(19-21-28)30(26-16-10-5-11-17-26)23-22-29(24-12-6-3-7-13-24)25-14-8-4-9-15-25/h3-23H,1-2H3/b30-23+. The molecule has 152 valence electrons. The van der Waals surface area contributed by atoms with Crippen LogP contribution in [-0.4, -0.2) is 14.1 Å². The molecule has 0 saturated carbocycles. The summed E-state index contributed by atoms with van der Waals surface area (Å²) in [5, 5.41) is 0. The number of anilines is 1. The van der Waals surface area contributed by atoms with Crippen LogP contribution in [0.4, 0.5) is 5.69 Å². The molecule has 0 aliphatic heterocycles. The SMILES string of the molecule is CN(C)c1ccc(/C(=C/C=C(c2ccccc2)c2ccccc2)c2ccccc2)cc1. The molecule has 1 nitrogen and oxygen atoms in total. The van der Waals surface area contributed by atoms with Crippen molar-refractivity contribution < 1.29 is 0 Å². The molecule has 4 aromatic carbocycles. The molecule has 0 saturated heterocycles. The molecule has 0 spiro atoms. The largest absolute Gasteiger partial charge is 0.378 e. The first-order chi connectivity index (χ1) is 15.2. The van der Waals surface area contributed by atoms with Gasteiger partial charge in [-0.3, -0.25) is 0 Å². The van der Waals surface area contributed by atoms with Crippen LogP contribution in [0.1, 0.15) is 22.3 Å². The highest BCUT2D eigenvalue weighted by molar-refractivity contribution is 5.86. The van der Waals surface area contributed by atoms with Crippen LogP contribution in [-0.2, 0) is 0 Å². The molecule has 0 heterocycles. The summed E-state index contributed by atoms with van der Waals surface area (Å²) in [6, 6.07) is 40.5. The third-order valence-electron chi connectivity index (χ3n) is 5.37. The number of allylic oxidation sites excluding steroid dienone is 2. The normalized spacial score (nSPS) is 11.1. The van der Waals surface area contributed by atoms with Crippen LogP contribution in [0.3, 0.4) is 0 Å². The van der Waals surface area contributed by atoms with Crippen molar-refractivity contribution in [1.29, 1.82) is 0 Å². The average molecular weight is 402 g/mol. The van der Waals surface area contributed by atoms with Crippen LogP contribution in [0.25, 0.3) is 11.1 Å². The van der Waals surface area contributed by atoms with Crippen LogP contribution in [0.5, 0.6) is 0 Å². The van der Waals surface area contributed by atoms with Crippen LogP contribution in [0, 0.1) is 0 Å². The minimum absolute atomic E-state index is 1.20. The molecule has 0 N–H and O–H groups in total. The zero-order chi connectivity index (χ0) is 21.5. The lowest BCUT2D eigenvalue weighted by atomic mass is 9.94. The third kappa shape index (κ3) is 5.02. The van der Waals surface area contributed by atoms with E-state index in [1.807, 2.05) is 0 Å². The number of hydrogen-bond acceptors (Lipinski definition) is 1. The monoisotopic (exact) mass is 401 g/mol. The van der Waals surface area contributed by atoms with Crippen LogP contribution in [0.15, 0.2) is 127 Å². The maximum Gasteiger partial charge on any atom is 0.0361 e. The van der Waals surface area contributed by atoms with Gasteiger partial charge in [-0.2, -0.15) is 0 Å². The maximum atomic E-state index is 2.25. The van der Waals surface area contributed by atoms with Gasteiger partial charge >= 0.3 is 0 Å². The summed E-state index contributed by atoms with van der Waals surface area (Å²) in [5.41, 5.74) is 8.43. The minimum Gasteiger partial charge on any atom is -0.378 e. The zero-order valence-electron chi connectivity index (χ0n) is 18.1. The van der Waals surface area contributed by atoms with Crippen molar-refractivity contribution in [2.45, 2.75) is 0 Å². The van der Waals surface area contributed by atoms with Crippen molar-refractivity contribution in [2.24, 2.45) is 0 Å². The molecule has 0 aliphatic carbocycles. The van der Waals surface area contributed by atoms with Crippen LogP contribution < -0.4 is 4.90 Å². The lowest BCUT2D eigenvalue weighted by Crippen LogP contribution is -2.08. The maximum absolute atomic E-state index is 2.25. The number of nitrogens with zero attached hydrogens (tertiary/aromatic N) is 1. The molecule has 4 aromatic rings. The lowest BCUT2D eigenvalue weighted by molar-refractivity contribution is 1.13. The van der Waals surface area contributed by atoms with Crippen LogP contribution >= 0.6 is 0 Å². The molecular weight excluding hydrogens is 374 g/mol. The molecule has 0 fully saturated rings. The van der Waals surface area contributed by atoms with E-state index in [2.05, 4.69) is 146 Å². The van der Waals surface area contributed by atoms with Gasteiger partial charge in [0.15, 0.2) is 0 Å². The van der Waals surface area contributed by atoms with E-state index in [1.165, 1.54) is 39.1 Å². The fourth-order valence-corrected chi connectivity index (χ4v) is 3.68. The summed E-state index contributed by atoms with van der Waals surface area (Å²) in [5.74, 6) is 0. The van der Waals surface area contributed by atoms with Gasteiger partial charge in [0.05, 0.1) is 0 Å². The van der Waals surface area contributed by atoms with Gasteiger partial charge < -0.3 is 4.90 Å². The highest BCUT2D eigenvalue weighted by atomic mass is 15.1. The molecule has 0 amide bonds. The Labute approximate surface area is 185 Å². The topological polar surface area (TPSA) is 3.24 Å². The van der Waals surface area contributed by atoms with Gasteiger partial charge in [0, 0.05) is 19.8 Å². The number of hydrogen-bond donors (Lipinski definition) is 0. The van der Waals surface area contributed by atoms with E-state index >= 15 is 0 Å². The summed E-state index contributed by atoms with van der Waals surface area (Å²) >= 11 is 0. The van der Waals surface area contributed by atoms with E-state index < -0.39 is 0 Å². The predicted octanol–water partition coefficient (Wildman–Crippen LogP) is 7.32. The van der Waals surface area contributed by atoms with Crippen molar-refractivity contribution in [3.05, 3.63) is 150 Å². The summed E-state index contributed by atoms with van der Waals surface area (Å²) in [6.45, 7) is 0. The van der Waals surface area contributed by atoms with Crippen LogP contribution in [0.2, 0.25) is 0 Å². The van der Waals surface area contributed by atoms with Gasteiger partial charge in [-0.1, -0.05) is 115 Å². The van der Waals surface area contributed by atoms with Gasteiger partial charge in [0.2, 0.25) is 0 Å². The zero-order valence-corrected chi connectivity index (χ0v) is 18.1. The first kappa shape index (κ1) is 20.4. The molecule has 0 bridgehead atoms. The molecule has 0 radical (unpaired) electrons. The molecule has 1 heteroatoms. The van der Waals surface area contributed by atoms with E-state index in [1.54, 1.807) is 0 Å². The fourth-order valence-electron chi connectivity index (χ4n) is 3.68. The summed E-state index contributed by atoms with van der Waals surface area (Å²) in [7, 11) is 4.13. The summed E-state index contributed by atoms with van der Waals surface area (Å²) < 4.78 is 0. The fraction of sp³-hybridized carbons (Fsp3) is 0.0667. The number of benzene rings is 4. The van der Waals surface area contributed by atoms with E-state index in [4.69, 9.17) is 0 Å². The van der Waals surface area contributed by atoms with E-state index in [0.29, 0.717) is 0 Å². The Morgan fingerprint density at radius 1 is 0.452 bits per heavy atom. The van der Waals surface area contributed by atoms with Gasteiger partial charge in [-0.05, 0) is 45.5 Å². The first-order valence-electron chi connectivity index (χ1n) is 10.6. The summed E-state index contributed by atoms with van der Waals surface area (Å²) in [4.78, 5) is 2.12. The smallest absolute Gasteiger partial charge is 0.0361 e. The highest BCUT2D eigenvalue weighted by Gasteiger charge is 2.07. The Bertz CT molecular complexity index is 1110. The Kier molecular flexibility index (Phi) is 6.44. The van der Waals surface area contributed by atoms with Gasteiger partial charge in [-0.25, -0.2) is 0 Å². The average Bonchev–Trinajstić information content (AvgIpc) is 2.84. The molecule has 0 atom stereocenters. The van der Waals surface area contributed by atoms with Gasteiger partial charge in [-0.15, -0.1) is 0 Å². The van der Waals surface area contributed by atoms with E-state index in [0.717, 1.165) is 0 Å². The predicted molar refractivity (Wildman–Crippen MR) is 134 cm³/mol. The lowest BCUT2D eigenvalue weighted by Gasteiger charge is -2.14. The Hall–Kier alpha value is -3.84. The van der Waals surface area contributed by atoms with Crippen molar-refractivity contribution in [3.63, 3.8) is 0 Å². The van der Waals surface area contributed by atoms with Crippen molar-refractivity contribution in [3.8, 4) is 0 Å². The Morgan fingerprint density at radius 2 is 0.774 bits per heavy atom. The quantitative estimate of drug-likeness (QED) is 0.306. The molecule has 0 unspecified atom stereocenters. The molecule has 4 rings (SSSR count). The van der Waals surface area contributed by atoms with Gasteiger partial charge in [0.25, 0.3) is 0 Å². The Morgan fingerprint density at radius 3 is 1.10 bits per heavy atom. The molecule has 0 aliphatic rings. The third-order valence-corrected chi connectivity index (χ3v) is 5.37. The molecule has 31 heavy (non-hydrogen) atoms. The number of rotatable bonds is 6. The first-order valence-corrected chi connectivity index (χ1v) is 10.6. The van der Waals surface area contributed by atoms with Crippen molar-refractivity contribution in [2.75, 3.05) is 19.0 Å². The second kappa shape index (κ2) is 9.77. The Balaban J connectivity index is 1.84. The second-order valence-corrected chi connectivity index (χ2v) is 7.70. The second-order valence-electron chi connectivity index (χ2n) is 7.70. The van der Waals surface area contributed by atoms with Gasteiger partial charge in [0.1, 0.15) is 0 Å². The summed E-state index contributed by atoms with van der Waals surface area (Å²) in [6.07, 6.45) is 4.49. The van der Waals surface area contributed by atoms with E-state index in [9.17, 15) is 0 Å². The molecule has 0 aromatic heterocycles. The van der Waals surface area contributed by atoms with E-state index in [-0.39, 0.29) is 0 Å². The van der Waals surface area contributed by atoms with Crippen molar-refractivity contribution >= 4 is 16.8 Å².